The number of aryl methyl sites for hydroxylation is 1. The van der Waals surface area contributed by atoms with Gasteiger partial charge in [-0.1, -0.05) is 22.0 Å². The molecule has 1 unspecified atom stereocenters. The zero-order valence-corrected chi connectivity index (χ0v) is 13.3. The lowest BCUT2D eigenvalue weighted by Crippen LogP contribution is -2.49. The van der Waals surface area contributed by atoms with E-state index in [1.54, 1.807) is 0 Å². The number of hydrogen-bond acceptors (Lipinski definition) is 3. The Balaban J connectivity index is 1.98. The Bertz CT molecular complexity index is 643. The van der Waals surface area contributed by atoms with Gasteiger partial charge >= 0.3 is 0 Å². The van der Waals surface area contributed by atoms with Crippen LogP contribution in [-0.4, -0.2) is 23.0 Å². The average molecular weight is 350 g/mol. The molecule has 1 saturated heterocycles. The summed E-state index contributed by atoms with van der Waals surface area (Å²) in [7, 11) is 0. The summed E-state index contributed by atoms with van der Waals surface area (Å²) >= 11 is 3.39. The molecule has 1 amide bonds. The third kappa shape index (κ3) is 2.33. The molecule has 0 bridgehead atoms. The fourth-order valence-electron chi connectivity index (χ4n) is 3.30. The predicted molar refractivity (Wildman–Crippen MR) is 81.0 cm³/mol. The van der Waals surface area contributed by atoms with Crippen LogP contribution >= 0.6 is 15.9 Å². The van der Waals surface area contributed by atoms with Gasteiger partial charge in [0.15, 0.2) is 5.78 Å². The van der Waals surface area contributed by atoms with Crippen molar-refractivity contribution in [3.05, 3.63) is 33.8 Å². The first kappa shape index (κ1) is 14.4. The molecule has 2 aliphatic rings. The van der Waals surface area contributed by atoms with Gasteiger partial charge in [0.05, 0.1) is 0 Å². The van der Waals surface area contributed by atoms with E-state index < -0.39 is 11.5 Å². The maximum atomic E-state index is 12.9. The first-order valence-corrected chi connectivity index (χ1v) is 7.86. The summed E-state index contributed by atoms with van der Waals surface area (Å²) in [5, 5.41) is 2.88. The Kier molecular flexibility index (Phi) is 3.48. The molecule has 3 rings (SSSR count). The molecule has 1 saturated carbocycles. The standard InChI is InChI=1S/C16H16BrNO3/c1-9-2-3-10(17)8-12(9)13-14(20)16(18-15(13)21)6-4-11(19)5-7-16/h2-3,8,13H,4-7H2,1H3,(H,18,21). The van der Waals surface area contributed by atoms with Crippen LogP contribution in [0.1, 0.15) is 42.7 Å². The van der Waals surface area contributed by atoms with Crippen LogP contribution in [0.4, 0.5) is 0 Å². The third-order valence-electron chi connectivity index (χ3n) is 4.57. The summed E-state index contributed by atoms with van der Waals surface area (Å²) in [6.07, 6.45) is 1.60. The van der Waals surface area contributed by atoms with E-state index in [1.807, 2.05) is 25.1 Å². The van der Waals surface area contributed by atoms with Crippen molar-refractivity contribution >= 4 is 33.4 Å². The third-order valence-corrected chi connectivity index (χ3v) is 5.07. The average Bonchev–Trinajstić information content (AvgIpc) is 2.68. The Morgan fingerprint density at radius 2 is 1.86 bits per heavy atom. The molecule has 1 heterocycles. The Labute approximate surface area is 131 Å². The van der Waals surface area contributed by atoms with E-state index in [9.17, 15) is 14.4 Å². The van der Waals surface area contributed by atoms with Gasteiger partial charge < -0.3 is 5.32 Å². The lowest BCUT2D eigenvalue weighted by molar-refractivity contribution is -0.127. The van der Waals surface area contributed by atoms with E-state index >= 15 is 0 Å². The second-order valence-corrected chi connectivity index (χ2v) is 6.82. The van der Waals surface area contributed by atoms with Gasteiger partial charge in [0.2, 0.25) is 5.91 Å². The molecular formula is C16H16BrNO3. The topological polar surface area (TPSA) is 63.2 Å². The van der Waals surface area contributed by atoms with Crippen LogP contribution in [0.15, 0.2) is 22.7 Å². The molecule has 2 fully saturated rings. The lowest BCUT2D eigenvalue weighted by Gasteiger charge is -2.31. The quantitative estimate of drug-likeness (QED) is 0.792. The molecule has 1 spiro atoms. The normalized spacial score (nSPS) is 24.5. The molecule has 1 aromatic carbocycles. The van der Waals surface area contributed by atoms with Gasteiger partial charge in [-0.25, -0.2) is 0 Å². The van der Waals surface area contributed by atoms with Crippen LogP contribution in [0, 0.1) is 6.92 Å². The number of rotatable bonds is 1. The number of carbonyl (C=O) groups is 3. The molecular weight excluding hydrogens is 334 g/mol. The molecule has 21 heavy (non-hydrogen) atoms. The number of nitrogens with one attached hydrogen (secondary N) is 1. The Morgan fingerprint density at radius 1 is 1.19 bits per heavy atom. The predicted octanol–water partition coefficient (Wildman–Crippen LogP) is 2.42. The summed E-state index contributed by atoms with van der Waals surface area (Å²) < 4.78 is 0.850. The zero-order chi connectivity index (χ0) is 15.2. The first-order chi connectivity index (χ1) is 9.93. The van der Waals surface area contributed by atoms with Crippen LogP contribution in [0.25, 0.3) is 0 Å². The van der Waals surface area contributed by atoms with Gasteiger partial charge in [-0.2, -0.15) is 0 Å². The maximum absolute atomic E-state index is 12.9. The maximum Gasteiger partial charge on any atom is 0.235 e. The van der Waals surface area contributed by atoms with Crippen LogP contribution in [-0.2, 0) is 14.4 Å². The van der Waals surface area contributed by atoms with Gasteiger partial charge in [-0.05, 0) is 43.0 Å². The van der Waals surface area contributed by atoms with Gasteiger partial charge in [0, 0.05) is 17.3 Å². The number of benzene rings is 1. The van der Waals surface area contributed by atoms with Crippen molar-refractivity contribution in [1.82, 2.24) is 5.32 Å². The Hall–Kier alpha value is -1.49. The SMILES string of the molecule is Cc1ccc(Br)cc1C1C(=O)NC2(CCC(=O)CC2)C1=O. The lowest BCUT2D eigenvalue weighted by atomic mass is 9.76. The van der Waals surface area contributed by atoms with Crippen molar-refractivity contribution in [3.8, 4) is 0 Å². The number of amides is 1. The molecule has 4 nitrogen and oxygen atoms in total. The van der Waals surface area contributed by atoms with Gasteiger partial charge in [-0.15, -0.1) is 0 Å². The van der Waals surface area contributed by atoms with Crippen molar-refractivity contribution < 1.29 is 14.4 Å². The van der Waals surface area contributed by atoms with Gasteiger partial charge in [0.1, 0.15) is 17.2 Å². The van der Waals surface area contributed by atoms with Crippen molar-refractivity contribution in [3.63, 3.8) is 0 Å². The second kappa shape index (κ2) is 5.05. The van der Waals surface area contributed by atoms with E-state index in [1.165, 1.54) is 0 Å². The van der Waals surface area contributed by atoms with Crippen molar-refractivity contribution in [2.24, 2.45) is 0 Å². The number of halogens is 1. The monoisotopic (exact) mass is 349 g/mol. The van der Waals surface area contributed by atoms with E-state index in [2.05, 4.69) is 21.2 Å². The highest BCUT2D eigenvalue weighted by Gasteiger charge is 2.54. The minimum absolute atomic E-state index is 0.0822. The highest BCUT2D eigenvalue weighted by Crippen LogP contribution is 2.39. The molecule has 1 aliphatic carbocycles. The van der Waals surface area contributed by atoms with E-state index in [-0.39, 0.29) is 17.5 Å². The number of ketones is 2. The van der Waals surface area contributed by atoms with Crippen molar-refractivity contribution in [2.45, 2.75) is 44.1 Å². The fraction of sp³-hybridized carbons (Fsp3) is 0.438. The number of Topliss-reactive ketones (excluding diaryl/α,β-unsaturated/α-hetero) is 2. The summed E-state index contributed by atoms with van der Waals surface area (Å²) in [6.45, 7) is 1.90. The zero-order valence-electron chi connectivity index (χ0n) is 11.7. The molecule has 0 radical (unpaired) electrons. The molecule has 1 N–H and O–H groups in total. The highest BCUT2D eigenvalue weighted by atomic mass is 79.9. The van der Waals surface area contributed by atoms with E-state index in [4.69, 9.17) is 0 Å². The highest BCUT2D eigenvalue weighted by molar-refractivity contribution is 9.10. The molecule has 0 aromatic heterocycles. The fourth-order valence-corrected chi connectivity index (χ4v) is 3.68. The van der Waals surface area contributed by atoms with Crippen LogP contribution < -0.4 is 5.32 Å². The van der Waals surface area contributed by atoms with Crippen LogP contribution in [0.2, 0.25) is 0 Å². The van der Waals surface area contributed by atoms with E-state index in [0.29, 0.717) is 25.7 Å². The minimum atomic E-state index is -0.829. The molecule has 1 atom stereocenters. The summed E-state index contributed by atoms with van der Waals surface area (Å²) in [5.74, 6) is -0.905. The van der Waals surface area contributed by atoms with Gasteiger partial charge in [-0.3, -0.25) is 14.4 Å². The van der Waals surface area contributed by atoms with E-state index in [0.717, 1.165) is 15.6 Å². The molecule has 1 aromatic rings. The number of carbonyl (C=O) groups excluding carboxylic acids is 3. The molecule has 110 valence electrons. The minimum Gasteiger partial charge on any atom is -0.343 e. The van der Waals surface area contributed by atoms with Crippen LogP contribution in [0.3, 0.4) is 0 Å². The van der Waals surface area contributed by atoms with Crippen LogP contribution in [0.5, 0.6) is 0 Å². The first-order valence-electron chi connectivity index (χ1n) is 7.07. The summed E-state index contributed by atoms with van der Waals surface area (Å²) in [4.78, 5) is 36.6. The summed E-state index contributed by atoms with van der Waals surface area (Å²) in [5.41, 5.74) is 0.848. The van der Waals surface area contributed by atoms with Crippen molar-refractivity contribution in [2.75, 3.05) is 0 Å². The largest absolute Gasteiger partial charge is 0.343 e. The second-order valence-electron chi connectivity index (χ2n) is 5.91. The Morgan fingerprint density at radius 3 is 2.52 bits per heavy atom. The molecule has 5 heteroatoms. The molecule has 1 aliphatic heterocycles. The summed E-state index contributed by atoms with van der Waals surface area (Å²) in [6, 6.07) is 5.63. The van der Waals surface area contributed by atoms with Gasteiger partial charge in [0.25, 0.3) is 0 Å². The smallest absolute Gasteiger partial charge is 0.235 e. The number of hydrogen-bond donors (Lipinski definition) is 1. The van der Waals surface area contributed by atoms with Crippen molar-refractivity contribution in [1.29, 1.82) is 0 Å².